The molecule has 2 rings (SSSR count). The Morgan fingerprint density at radius 2 is 1.95 bits per heavy atom. The third-order valence-corrected chi connectivity index (χ3v) is 7.50. The van der Waals surface area contributed by atoms with Crippen LogP contribution in [0.1, 0.15) is 37.1 Å². The van der Waals surface area contributed by atoms with Crippen molar-refractivity contribution in [2.24, 2.45) is 0 Å². The van der Waals surface area contributed by atoms with Crippen molar-refractivity contribution in [2.45, 2.75) is 51.8 Å². The smallest absolute Gasteiger partial charge is 0.263 e. The quantitative estimate of drug-likeness (QED) is 0.803. The molecule has 0 bridgehead atoms. The minimum atomic E-state index is 0.0518. The molecule has 0 aliphatic carbocycles. The molecule has 0 aliphatic rings. The Morgan fingerprint density at radius 3 is 2.48 bits per heavy atom. The van der Waals surface area contributed by atoms with Crippen molar-refractivity contribution in [3.63, 3.8) is 0 Å². The topological polar surface area (TPSA) is 37.8 Å². The molecule has 0 saturated heterocycles. The van der Waals surface area contributed by atoms with Crippen LogP contribution in [0.4, 0.5) is 0 Å². The van der Waals surface area contributed by atoms with Crippen LogP contribution in [0.5, 0.6) is 0 Å². The summed E-state index contributed by atoms with van der Waals surface area (Å²) < 4.78 is 2.35. The number of H-pyrrole nitrogens is 1. The maximum absolute atomic E-state index is 12.9. The Hall–Kier alpha value is -0.590. The molecule has 2 heterocycles. The number of hydrogen-bond acceptors (Lipinski definition) is 4. The molecule has 0 fully saturated rings. The van der Waals surface area contributed by atoms with E-state index in [9.17, 15) is 4.79 Å². The first-order valence-electron chi connectivity index (χ1n) is 7.17. The molecular weight excluding hydrogens is 320 g/mol. The van der Waals surface area contributed by atoms with Crippen molar-refractivity contribution < 1.29 is 0 Å². The molecule has 0 unspecified atom stereocenters. The number of hydrogen-bond donors (Lipinski definition) is 1. The summed E-state index contributed by atoms with van der Waals surface area (Å²) in [4.78, 5) is 18.2. The second-order valence-corrected chi connectivity index (χ2v) is 8.29. The number of thiophene rings is 1. The third-order valence-electron chi connectivity index (χ3n) is 4.48. The molecule has 0 atom stereocenters. The van der Waals surface area contributed by atoms with E-state index in [1.54, 1.807) is 15.9 Å². The summed E-state index contributed by atoms with van der Waals surface area (Å²) in [7, 11) is 0. The van der Waals surface area contributed by atoms with Crippen LogP contribution in [0.3, 0.4) is 0 Å². The van der Waals surface area contributed by atoms with Gasteiger partial charge in [0.2, 0.25) is 0 Å². The molecule has 0 aliphatic heterocycles. The molecule has 0 radical (unpaired) electrons. The average Bonchev–Trinajstić information content (AvgIpc) is 2.75. The second kappa shape index (κ2) is 6.26. The fourth-order valence-corrected chi connectivity index (χ4v) is 4.82. The summed E-state index contributed by atoms with van der Waals surface area (Å²) >= 11 is 8.87. The van der Waals surface area contributed by atoms with Crippen LogP contribution in [0.2, 0.25) is 0 Å². The first kappa shape index (κ1) is 16.8. The van der Waals surface area contributed by atoms with Crippen molar-refractivity contribution in [1.82, 2.24) is 9.55 Å². The van der Waals surface area contributed by atoms with Crippen molar-refractivity contribution in [1.29, 1.82) is 0 Å². The van der Waals surface area contributed by atoms with Crippen molar-refractivity contribution in [2.75, 3.05) is 6.26 Å². The van der Waals surface area contributed by atoms with Crippen LogP contribution in [-0.2, 0) is 6.54 Å². The fourth-order valence-electron chi connectivity index (χ4n) is 2.62. The van der Waals surface area contributed by atoms with E-state index < -0.39 is 0 Å². The first-order chi connectivity index (χ1) is 9.89. The van der Waals surface area contributed by atoms with Crippen LogP contribution in [-0.4, -0.2) is 20.6 Å². The van der Waals surface area contributed by atoms with Crippen LogP contribution in [0.15, 0.2) is 4.79 Å². The Bertz CT molecular complexity index is 757. The van der Waals surface area contributed by atoms with Gasteiger partial charge in [-0.3, -0.25) is 9.36 Å². The molecule has 0 saturated carbocycles. The molecule has 0 spiro atoms. The van der Waals surface area contributed by atoms with Gasteiger partial charge in [0.1, 0.15) is 4.83 Å². The van der Waals surface area contributed by atoms with Gasteiger partial charge in [0, 0.05) is 16.2 Å². The van der Waals surface area contributed by atoms with Crippen molar-refractivity contribution in [3.8, 4) is 0 Å². The highest BCUT2D eigenvalue weighted by Crippen LogP contribution is 2.32. The third kappa shape index (κ3) is 2.85. The van der Waals surface area contributed by atoms with Gasteiger partial charge in [-0.25, -0.2) is 0 Å². The van der Waals surface area contributed by atoms with Crippen molar-refractivity contribution >= 4 is 45.5 Å². The highest BCUT2D eigenvalue weighted by Gasteiger charge is 2.27. The Morgan fingerprint density at radius 1 is 1.33 bits per heavy atom. The molecular formula is C15H22N2OS3. The van der Waals surface area contributed by atoms with Gasteiger partial charge in [0.05, 0.1) is 5.39 Å². The maximum Gasteiger partial charge on any atom is 0.263 e. The summed E-state index contributed by atoms with van der Waals surface area (Å²) in [6.07, 6.45) is 4.15. The summed E-state index contributed by atoms with van der Waals surface area (Å²) in [5.74, 6) is 0. The van der Waals surface area contributed by atoms with Gasteiger partial charge in [-0.05, 0) is 50.7 Å². The molecule has 0 aromatic carbocycles. The molecule has 2 aromatic heterocycles. The number of aromatic nitrogens is 2. The second-order valence-electron chi connectivity index (χ2n) is 5.40. The van der Waals surface area contributed by atoms with Crippen LogP contribution >= 0.6 is 35.3 Å². The number of nitrogens with zero attached hydrogens (tertiary/aromatic N) is 1. The molecule has 1 N–H and O–H groups in total. The first-order valence-corrected chi connectivity index (χ1v) is 9.62. The zero-order valence-corrected chi connectivity index (χ0v) is 15.7. The lowest BCUT2D eigenvalue weighted by atomic mass is 10.0. The van der Waals surface area contributed by atoms with Crippen LogP contribution in [0.25, 0.3) is 10.2 Å². The summed E-state index contributed by atoms with van der Waals surface area (Å²) in [6, 6.07) is 0. The lowest BCUT2D eigenvalue weighted by molar-refractivity contribution is 0.454. The number of rotatable bonds is 5. The molecule has 3 nitrogen and oxygen atoms in total. The van der Waals surface area contributed by atoms with Crippen molar-refractivity contribution in [3.05, 3.63) is 25.6 Å². The van der Waals surface area contributed by atoms with Crippen LogP contribution in [0, 0.1) is 18.6 Å². The van der Waals surface area contributed by atoms with E-state index in [2.05, 4.69) is 25.1 Å². The van der Waals surface area contributed by atoms with E-state index in [1.165, 1.54) is 4.88 Å². The number of fused-ring (bicyclic) bond motifs is 1. The van der Waals surface area contributed by atoms with Gasteiger partial charge in [-0.1, -0.05) is 13.8 Å². The summed E-state index contributed by atoms with van der Waals surface area (Å²) in [5, 5.41) is 0.799. The predicted molar refractivity (Wildman–Crippen MR) is 97.6 cm³/mol. The number of thioether (sulfide) groups is 1. The minimum Gasteiger partial charge on any atom is -0.323 e. The highest BCUT2D eigenvalue weighted by molar-refractivity contribution is 8.00. The molecule has 0 amide bonds. The van der Waals surface area contributed by atoms with Gasteiger partial charge in [0.25, 0.3) is 5.56 Å². The Kier molecular flexibility index (Phi) is 5.00. The van der Waals surface area contributed by atoms with E-state index in [0.29, 0.717) is 11.3 Å². The normalized spacial score (nSPS) is 12.2. The Balaban J connectivity index is 2.68. The summed E-state index contributed by atoms with van der Waals surface area (Å²) in [5.41, 5.74) is 1.12. The van der Waals surface area contributed by atoms with Crippen LogP contribution < -0.4 is 5.56 Å². The predicted octanol–water partition coefficient (Wildman–Crippen LogP) is 4.66. The lowest BCUT2D eigenvalue weighted by Gasteiger charge is -2.30. The lowest BCUT2D eigenvalue weighted by Crippen LogP contribution is -2.35. The zero-order valence-electron chi connectivity index (χ0n) is 13.2. The average molecular weight is 343 g/mol. The van der Waals surface area contributed by atoms with E-state index in [4.69, 9.17) is 12.2 Å². The van der Waals surface area contributed by atoms with Gasteiger partial charge < -0.3 is 4.98 Å². The van der Waals surface area contributed by atoms with E-state index in [1.807, 2.05) is 25.6 Å². The van der Waals surface area contributed by atoms with E-state index >= 15 is 0 Å². The number of nitrogens with one attached hydrogen (secondary N) is 1. The molecule has 2 aromatic rings. The fraction of sp³-hybridized carbons (Fsp3) is 0.600. The van der Waals surface area contributed by atoms with Gasteiger partial charge in [0.15, 0.2) is 4.77 Å². The monoisotopic (exact) mass is 342 g/mol. The molecule has 6 heteroatoms. The molecule has 21 heavy (non-hydrogen) atoms. The largest absolute Gasteiger partial charge is 0.323 e. The minimum absolute atomic E-state index is 0.0518. The van der Waals surface area contributed by atoms with E-state index in [0.717, 1.165) is 28.6 Å². The zero-order chi connectivity index (χ0) is 15.8. The van der Waals surface area contributed by atoms with Gasteiger partial charge in [-0.2, -0.15) is 11.8 Å². The molecule has 116 valence electrons. The number of aryl methyl sites for hydroxylation is 2. The van der Waals surface area contributed by atoms with Gasteiger partial charge >= 0.3 is 0 Å². The summed E-state index contributed by atoms with van der Waals surface area (Å²) in [6.45, 7) is 9.08. The standard InChI is InChI=1S/C15H22N2OS3/c1-6-15(7-2,20-5)8-17-13(18)11-9(3)10(4)21-12(11)16-14(17)19/h6-8H2,1-5H3,(H,16,19). The maximum atomic E-state index is 12.9. The highest BCUT2D eigenvalue weighted by atomic mass is 32.2. The SMILES string of the molecule is CCC(CC)(Cn1c(=S)[nH]c2sc(C)c(C)c2c1=O)SC. The number of aromatic amines is 1. The van der Waals surface area contributed by atoms with Gasteiger partial charge in [-0.15, -0.1) is 11.3 Å². The Labute approximate surface area is 138 Å². The van der Waals surface area contributed by atoms with E-state index in [-0.39, 0.29) is 10.3 Å².